The first-order chi connectivity index (χ1) is 11.8. The van der Waals surface area contributed by atoms with Crippen molar-refractivity contribution >= 4 is 22.9 Å². The van der Waals surface area contributed by atoms with Gasteiger partial charge in [0.2, 0.25) is 0 Å². The van der Waals surface area contributed by atoms with Gasteiger partial charge < -0.3 is 4.98 Å². The molecule has 0 bridgehead atoms. The monoisotopic (exact) mass is 367 g/mol. The lowest BCUT2D eigenvalue weighted by atomic mass is 10.0. The second kappa shape index (κ2) is 5.77. The van der Waals surface area contributed by atoms with Crippen LogP contribution in [0.25, 0.3) is 22.3 Å². The molecule has 5 nitrogen and oxygen atoms in total. The van der Waals surface area contributed by atoms with Crippen LogP contribution in [0.15, 0.2) is 23.5 Å². The summed E-state index contributed by atoms with van der Waals surface area (Å²) in [4.78, 5) is 7.26. The van der Waals surface area contributed by atoms with Gasteiger partial charge in [0, 0.05) is 31.0 Å². The minimum Gasteiger partial charge on any atom is -0.346 e. The van der Waals surface area contributed by atoms with E-state index in [0.29, 0.717) is 28.3 Å². The fourth-order valence-electron chi connectivity index (χ4n) is 3.08. The van der Waals surface area contributed by atoms with Crippen LogP contribution in [0.5, 0.6) is 0 Å². The van der Waals surface area contributed by atoms with Crippen LogP contribution in [0, 0.1) is 12.7 Å². The van der Waals surface area contributed by atoms with Crippen molar-refractivity contribution in [2.24, 2.45) is 7.05 Å². The number of aromatic nitrogens is 4. The summed E-state index contributed by atoms with van der Waals surface area (Å²) in [7, 11) is 1.76. The first-order valence-electron chi connectivity index (χ1n) is 7.81. The molecule has 1 saturated heterocycles. The Morgan fingerprint density at radius 2 is 2.12 bits per heavy atom. The van der Waals surface area contributed by atoms with Gasteiger partial charge in [0.15, 0.2) is 5.82 Å². The number of hydrogen-bond acceptors (Lipinski definition) is 4. The third-order valence-electron chi connectivity index (χ3n) is 4.22. The number of nitrogens with one attached hydrogen (secondary N) is 1. The van der Waals surface area contributed by atoms with E-state index in [1.807, 2.05) is 0 Å². The highest BCUT2D eigenvalue weighted by Crippen LogP contribution is 2.38. The number of aryl methyl sites for hydroxylation is 2. The van der Waals surface area contributed by atoms with Crippen LogP contribution in [0.3, 0.4) is 0 Å². The van der Waals surface area contributed by atoms with Gasteiger partial charge in [-0.05, 0) is 36.6 Å². The lowest BCUT2D eigenvalue weighted by molar-refractivity contribution is 0.0190. The molecular weight excluding hydrogens is 351 g/mol. The van der Waals surface area contributed by atoms with Gasteiger partial charge in [0.25, 0.3) is 5.92 Å². The van der Waals surface area contributed by atoms with Crippen LogP contribution in [0.4, 0.5) is 13.2 Å². The van der Waals surface area contributed by atoms with Crippen molar-refractivity contribution in [1.82, 2.24) is 24.1 Å². The maximum Gasteiger partial charge on any atom is 0.262 e. The van der Waals surface area contributed by atoms with Crippen molar-refractivity contribution in [2.45, 2.75) is 24.3 Å². The minimum absolute atomic E-state index is 0.156. The molecular formula is C16H16F3N5S. The van der Waals surface area contributed by atoms with E-state index in [9.17, 15) is 13.2 Å². The van der Waals surface area contributed by atoms with E-state index in [4.69, 9.17) is 0 Å². The van der Waals surface area contributed by atoms with E-state index >= 15 is 0 Å². The fraction of sp³-hybridized carbons (Fsp3) is 0.375. The molecule has 1 N–H and O–H groups in total. The van der Waals surface area contributed by atoms with E-state index in [1.54, 1.807) is 35.4 Å². The number of aromatic amines is 1. The summed E-state index contributed by atoms with van der Waals surface area (Å²) in [5.41, 5.74) is 1.80. The average molecular weight is 367 g/mol. The molecule has 132 valence electrons. The van der Waals surface area contributed by atoms with E-state index in [-0.39, 0.29) is 18.8 Å². The van der Waals surface area contributed by atoms with Gasteiger partial charge >= 0.3 is 0 Å². The van der Waals surface area contributed by atoms with Crippen LogP contribution in [-0.4, -0.2) is 43.1 Å². The predicted octanol–water partition coefficient (Wildman–Crippen LogP) is 3.76. The van der Waals surface area contributed by atoms with Crippen LogP contribution in [0.2, 0.25) is 0 Å². The topological polar surface area (TPSA) is 49.7 Å². The third-order valence-corrected chi connectivity index (χ3v) is 5.21. The summed E-state index contributed by atoms with van der Waals surface area (Å²) >= 11 is 1.19. The molecule has 0 radical (unpaired) electrons. The van der Waals surface area contributed by atoms with Gasteiger partial charge in [-0.1, -0.05) is 0 Å². The Hall–Kier alpha value is -2.00. The first-order valence-corrected chi connectivity index (χ1v) is 8.58. The Kier molecular flexibility index (Phi) is 3.80. The Bertz CT molecular complexity index is 949. The van der Waals surface area contributed by atoms with Crippen LogP contribution < -0.4 is 0 Å². The molecule has 0 spiro atoms. The van der Waals surface area contributed by atoms with Crippen molar-refractivity contribution in [2.75, 3.05) is 13.1 Å². The van der Waals surface area contributed by atoms with Crippen molar-refractivity contribution in [3.8, 4) is 11.4 Å². The molecule has 1 aliphatic rings. The Morgan fingerprint density at radius 1 is 1.32 bits per heavy atom. The van der Waals surface area contributed by atoms with Crippen molar-refractivity contribution in [3.05, 3.63) is 29.8 Å². The fourth-order valence-corrected chi connectivity index (χ4v) is 4.12. The van der Waals surface area contributed by atoms with E-state index in [1.165, 1.54) is 18.0 Å². The zero-order valence-corrected chi connectivity index (χ0v) is 14.5. The number of nitrogens with zero attached hydrogens (tertiary/aromatic N) is 4. The summed E-state index contributed by atoms with van der Waals surface area (Å²) in [6, 6.07) is 3.21. The van der Waals surface area contributed by atoms with Gasteiger partial charge in [-0.25, -0.2) is 22.5 Å². The second-order valence-electron chi connectivity index (χ2n) is 6.28. The average Bonchev–Trinajstić information content (AvgIpc) is 3.19. The maximum atomic E-state index is 14.4. The first kappa shape index (κ1) is 16.5. The Labute approximate surface area is 146 Å². The summed E-state index contributed by atoms with van der Waals surface area (Å²) in [5, 5.41) is 5.58. The Balaban J connectivity index is 1.76. The number of halogens is 3. The molecule has 2 aromatic heterocycles. The normalized spacial score (nSPS) is 17.6. The zero-order chi connectivity index (χ0) is 17.8. The molecule has 4 rings (SSSR count). The zero-order valence-electron chi connectivity index (χ0n) is 13.7. The molecule has 0 saturated carbocycles. The quantitative estimate of drug-likeness (QED) is 0.716. The number of fused-ring (bicyclic) bond motifs is 1. The molecule has 0 atom stereocenters. The molecule has 9 heteroatoms. The van der Waals surface area contributed by atoms with E-state index in [0.717, 1.165) is 11.1 Å². The molecule has 0 amide bonds. The van der Waals surface area contributed by atoms with Gasteiger partial charge in [-0.15, -0.1) is 0 Å². The molecule has 1 aliphatic heterocycles. The standard InChI is InChI=1S/C16H16F3N5S/c1-9-5-11(17)14-10(13(9)15-20-8-23(2)22-15)6-12(21-14)25-24-4-3-16(18,19)7-24/h5-6,8,21H,3-4,7H2,1-2H3. The van der Waals surface area contributed by atoms with Gasteiger partial charge in [-0.3, -0.25) is 4.68 Å². The summed E-state index contributed by atoms with van der Waals surface area (Å²) in [6.07, 6.45) is 1.43. The number of H-pyrrole nitrogens is 1. The van der Waals surface area contributed by atoms with Gasteiger partial charge in [-0.2, -0.15) is 5.10 Å². The van der Waals surface area contributed by atoms with E-state index < -0.39 is 5.92 Å². The van der Waals surface area contributed by atoms with Crippen molar-refractivity contribution in [1.29, 1.82) is 0 Å². The number of rotatable bonds is 3. The maximum absolute atomic E-state index is 14.4. The molecule has 0 unspecified atom stereocenters. The summed E-state index contributed by atoms with van der Waals surface area (Å²) < 4.78 is 44.3. The van der Waals surface area contributed by atoms with Gasteiger partial charge in [0.05, 0.1) is 17.1 Å². The lowest BCUT2D eigenvalue weighted by Crippen LogP contribution is -2.19. The van der Waals surface area contributed by atoms with Crippen LogP contribution in [-0.2, 0) is 7.05 Å². The largest absolute Gasteiger partial charge is 0.346 e. The number of benzene rings is 1. The number of hydrogen-bond donors (Lipinski definition) is 1. The van der Waals surface area contributed by atoms with Crippen molar-refractivity contribution < 1.29 is 13.2 Å². The summed E-state index contributed by atoms with van der Waals surface area (Å²) in [5.74, 6) is -2.54. The molecule has 25 heavy (non-hydrogen) atoms. The highest BCUT2D eigenvalue weighted by Gasteiger charge is 2.38. The molecule has 3 aromatic rings. The molecule has 1 fully saturated rings. The summed E-state index contributed by atoms with van der Waals surface area (Å²) in [6.45, 7) is 1.79. The third kappa shape index (κ3) is 3.02. The lowest BCUT2D eigenvalue weighted by Gasteiger charge is -2.12. The smallest absolute Gasteiger partial charge is 0.262 e. The highest BCUT2D eigenvalue weighted by atomic mass is 32.2. The predicted molar refractivity (Wildman–Crippen MR) is 90.0 cm³/mol. The number of alkyl halides is 2. The van der Waals surface area contributed by atoms with Crippen LogP contribution in [0.1, 0.15) is 12.0 Å². The molecule has 0 aliphatic carbocycles. The second-order valence-corrected chi connectivity index (χ2v) is 7.41. The van der Waals surface area contributed by atoms with Crippen molar-refractivity contribution in [3.63, 3.8) is 0 Å². The molecule has 3 heterocycles. The Morgan fingerprint density at radius 3 is 2.76 bits per heavy atom. The SMILES string of the molecule is Cc1cc(F)c2[nH]c(SN3CCC(F)(F)C3)cc2c1-c1ncn(C)n1. The highest BCUT2D eigenvalue weighted by molar-refractivity contribution is 7.97. The minimum atomic E-state index is -2.66. The van der Waals surface area contributed by atoms with Crippen LogP contribution >= 0.6 is 11.9 Å². The van der Waals surface area contributed by atoms with Gasteiger partial charge in [0.1, 0.15) is 12.1 Å². The molecule has 1 aromatic carbocycles. The van der Waals surface area contributed by atoms with E-state index in [2.05, 4.69) is 15.1 Å².